The van der Waals surface area contributed by atoms with Gasteiger partial charge in [-0.15, -0.1) is 0 Å². The Kier molecular flexibility index (Phi) is 9.98. The van der Waals surface area contributed by atoms with Crippen LogP contribution in [0.3, 0.4) is 0 Å². The molecular formula is C76H46O2. The van der Waals surface area contributed by atoms with E-state index in [0.29, 0.717) is 0 Å². The Hall–Kier alpha value is -10.3. The van der Waals surface area contributed by atoms with E-state index in [1.165, 1.54) is 131 Å². The van der Waals surface area contributed by atoms with Crippen LogP contribution in [0.2, 0.25) is 0 Å². The van der Waals surface area contributed by atoms with Crippen LogP contribution in [0, 0.1) is 0 Å². The largest absolute Gasteiger partial charge is 0.456 e. The number of hydrogen-bond donors (Lipinski definition) is 0. The van der Waals surface area contributed by atoms with E-state index in [2.05, 4.69) is 279 Å². The van der Waals surface area contributed by atoms with Crippen LogP contribution in [-0.2, 0) is 0 Å². The van der Waals surface area contributed by atoms with E-state index < -0.39 is 0 Å². The van der Waals surface area contributed by atoms with Crippen LogP contribution < -0.4 is 0 Å². The Bertz CT molecular complexity index is 5160. The molecule has 0 saturated carbocycles. The lowest BCUT2D eigenvalue weighted by Gasteiger charge is -2.18. The molecule has 17 rings (SSSR count). The smallest absolute Gasteiger partial charge is 0.136 e. The molecule has 0 atom stereocenters. The standard InChI is InChI=1S/C40H24O.C36H22O/c1-2-11-27-23-28(18-17-25(27)9-1)38-31-13-5-7-15-33(31)39(34-16-8-6-14-32(34)38)29-19-21-35-37(24-29)41-36-22-20-26-10-3-4-12-30(26)40(35)36;1-2-11-24(12-3-1)34-27-14-6-8-16-29(27)35(30-17-9-7-15-28(30)34)25-18-20-31-33(22-25)37-32-21-19-23-10-4-5-13-26(23)36(31)32/h1-24H;1-22H. The zero-order chi connectivity index (χ0) is 51.3. The van der Waals surface area contributed by atoms with Gasteiger partial charge in [0.1, 0.15) is 22.3 Å². The van der Waals surface area contributed by atoms with Crippen LogP contribution in [0.1, 0.15) is 0 Å². The van der Waals surface area contributed by atoms with Crippen molar-refractivity contribution in [3.05, 3.63) is 279 Å². The van der Waals surface area contributed by atoms with Gasteiger partial charge in [-0.2, -0.15) is 0 Å². The molecule has 0 aliphatic carbocycles. The lowest BCUT2D eigenvalue weighted by atomic mass is 9.85. The predicted octanol–water partition coefficient (Wildman–Crippen LogP) is 21.9. The van der Waals surface area contributed by atoms with Gasteiger partial charge in [-0.1, -0.05) is 237 Å². The zero-order valence-electron chi connectivity index (χ0n) is 42.4. The summed E-state index contributed by atoms with van der Waals surface area (Å²) in [6, 6.07) is 100. The second-order valence-electron chi connectivity index (χ2n) is 20.6. The molecule has 0 bridgehead atoms. The van der Waals surface area contributed by atoms with E-state index in [1.807, 2.05) is 0 Å². The molecule has 0 amide bonds. The van der Waals surface area contributed by atoms with Crippen molar-refractivity contribution in [2.75, 3.05) is 0 Å². The normalized spacial score (nSPS) is 11.8. The summed E-state index contributed by atoms with van der Waals surface area (Å²) in [5, 5.41) is 22.2. The van der Waals surface area contributed by atoms with E-state index >= 15 is 0 Å². The van der Waals surface area contributed by atoms with E-state index in [9.17, 15) is 0 Å². The van der Waals surface area contributed by atoms with Crippen molar-refractivity contribution in [2.24, 2.45) is 0 Å². The monoisotopic (exact) mass is 990 g/mol. The van der Waals surface area contributed by atoms with Crippen LogP contribution in [0.25, 0.3) is 164 Å². The Morgan fingerprint density at radius 3 is 0.897 bits per heavy atom. The first-order valence-corrected chi connectivity index (χ1v) is 26.8. The molecule has 0 unspecified atom stereocenters. The molecule has 0 saturated heterocycles. The molecule has 2 nitrogen and oxygen atoms in total. The number of rotatable bonds is 4. The molecule has 0 aliphatic heterocycles. The SMILES string of the molecule is c1ccc(-c2c3ccccc3c(-c3ccc4c(c3)oc3ccc5ccccc5c34)c3ccccc23)cc1.c1ccc2cc(-c3c4ccccc4c(-c4ccc5c(c4)oc4ccc6ccccc6c45)c4ccccc34)ccc2c1. The van der Waals surface area contributed by atoms with Crippen molar-refractivity contribution in [1.29, 1.82) is 0 Å². The number of hydrogen-bond acceptors (Lipinski definition) is 2. The molecule has 0 spiro atoms. The number of benzene rings is 15. The molecule has 0 N–H and O–H groups in total. The summed E-state index contributed by atoms with van der Waals surface area (Å²) < 4.78 is 12.9. The molecular weight excluding hydrogens is 945 g/mol. The molecule has 78 heavy (non-hydrogen) atoms. The van der Waals surface area contributed by atoms with Gasteiger partial charge < -0.3 is 8.83 Å². The second-order valence-corrected chi connectivity index (χ2v) is 20.6. The molecule has 362 valence electrons. The van der Waals surface area contributed by atoms with Gasteiger partial charge in [0.05, 0.1) is 0 Å². The fourth-order valence-electron chi connectivity index (χ4n) is 12.9. The third-order valence-electron chi connectivity index (χ3n) is 16.3. The van der Waals surface area contributed by atoms with Crippen LogP contribution in [-0.4, -0.2) is 0 Å². The second kappa shape index (κ2) is 17.7. The predicted molar refractivity (Wildman–Crippen MR) is 332 cm³/mol. The summed E-state index contributed by atoms with van der Waals surface area (Å²) in [6.07, 6.45) is 0. The van der Waals surface area contributed by atoms with Gasteiger partial charge in [-0.25, -0.2) is 0 Å². The minimum atomic E-state index is 0.917. The highest BCUT2D eigenvalue weighted by Gasteiger charge is 2.21. The summed E-state index contributed by atoms with van der Waals surface area (Å²) in [6.45, 7) is 0. The third-order valence-corrected chi connectivity index (χ3v) is 16.3. The Morgan fingerprint density at radius 2 is 0.474 bits per heavy atom. The Morgan fingerprint density at radius 1 is 0.167 bits per heavy atom. The van der Waals surface area contributed by atoms with E-state index in [1.54, 1.807) is 0 Å². The maximum atomic E-state index is 6.48. The fraction of sp³-hybridized carbons (Fsp3) is 0. The Balaban J connectivity index is 0.000000131. The number of fused-ring (bicyclic) bond motifs is 15. The highest BCUT2D eigenvalue weighted by molar-refractivity contribution is 6.25. The maximum absolute atomic E-state index is 6.48. The first-order chi connectivity index (χ1) is 38.7. The summed E-state index contributed by atoms with van der Waals surface area (Å²) in [4.78, 5) is 0. The maximum Gasteiger partial charge on any atom is 0.136 e. The molecule has 17 aromatic rings. The van der Waals surface area contributed by atoms with E-state index in [-0.39, 0.29) is 0 Å². The molecule has 2 heterocycles. The average Bonchev–Trinajstić information content (AvgIpc) is 4.20. The summed E-state index contributed by atoms with van der Waals surface area (Å²) in [7, 11) is 0. The van der Waals surface area contributed by atoms with Gasteiger partial charge in [0.2, 0.25) is 0 Å². The van der Waals surface area contributed by atoms with Crippen LogP contribution in [0.15, 0.2) is 288 Å². The van der Waals surface area contributed by atoms with Crippen LogP contribution >= 0.6 is 0 Å². The first-order valence-electron chi connectivity index (χ1n) is 26.8. The molecule has 0 radical (unpaired) electrons. The topological polar surface area (TPSA) is 26.3 Å². The third kappa shape index (κ3) is 6.90. The fourth-order valence-corrected chi connectivity index (χ4v) is 12.9. The van der Waals surface area contributed by atoms with Crippen LogP contribution in [0.5, 0.6) is 0 Å². The van der Waals surface area contributed by atoms with Crippen molar-refractivity contribution in [3.8, 4) is 44.5 Å². The summed E-state index contributed by atoms with van der Waals surface area (Å²) >= 11 is 0. The summed E-state index contributed by atoms with van der Waals surface area (Å²) in [5.74, 6) is 0. The van der Waals surface area contributed by atoms with Crippen molar-refractivity contribution in [3.63, 3.8) is 0 Å². The highest BCUT2D eigenvalue weighted by atomic mass is 16.3. The molecule has 15 aromatic carbocycles. The molecule has 2 heteroatoms. The highest BCUT2D eigenvalue weighted by Crippen LogP contribution is 2.48. The van der Waals surface area contributed by atoms with Crippen molar-refractivity contribution < 1.29 is 8.83 Å². The van der Waals surface area contributed by atoms with Crippen molar-refractivity contribution >= 4 is 119 Å². The average molecular weight is 991 g/mol. The number of furan rings is 2. The zero-order valence-corrected chi connectivity index (χ0v) is 42.4. The lowest BCUT2D eigenvalue weighted by molar-refractivity contribution is 0.669. The van der Waals surface area contributed by atoms with Gasteiger partial charge >= 0.3 is 0 Å². The van der Waals surface area contributed by atoms with Crippen LogP contribution in [0.4, 0.5) is 0 Å². The van der Waals surface area contributed by atoms with Crippen molar-refractivity contribution in [1.82, 2.24) is 0 Å². The quantitative estimate of drug-likeness (QED) is 0.164. The van der Waals surface area contributed by atoms with E-state index in [4.69, 9.17) is 8.83 Å². The Labute approximate surface area is 449 Å². The molecule has 0 fully saturated rings. The van der Waals surface area contributed by atoms with Gasteiger partial charge in [0.25, 0.3) is 0 Å². The summed E-state index contributed by atoms with van der Waals surface area (Å²) in [5.41, 5.74) is 13.6. The lowest BCUT2D eigenvalue weighted by Crippen LogP contribution is -1.91. The van der Waals surface area contributed by atoms with Gasteiger partial charge in [0, 0.05) is 21.5 Å². The minimum absolute atomic E-state index is 0.917. The van der Waals surface area contributed by atoms with Gasteiger partial charge in [0.15, 0.2) is 0 Å². The van der Waals surface area contributed by atoms with E-state index in [0.717, 1.165) is 33.1 Å². The first kappa shape index (κ1) is 44.1. The van der Waals surface area contributed by atoms with Crippen molar-refractivity contribution in [2.45, 2.75) is 0 Å². The molecule has 2 aromatic heterocycles. The van der Waals surface area contributed by atoms with Gasteiger partial charge in [-0.3, -0.25) is 0 Å². The van der Waals surface area contributed by atoms with Gasteiger partial charge in [-0.05, 0) is 162 Å². The molecule has 0 aliphatic rings. The minimum Gasteiger partial charge on any atom is -0.456 e.